The molecule has 0 fully saturated rings. The second kappa shape index (κ2) is 10.8. The Hall–Kier alpha value is -2.13. The zero-order valence-electron chi connectivity index (χ0n) is 18.3. The highest BCUT2D eigenvalue weighted by Crippen LogP contribution is 2.35. The average Bonchev–Trinajstić information content (AvgIpc) is 3.20. The monoisotopic (exact) mass is 432 g/mol. The molecule has 0 aromatic heterocycles. The van der Waals surface area contributed by atoms with E-state index < -0.39 is 0 Å². The van der Waals surface area contributed by atoms with E-state index in [1.165, 1.54) is 31.2 Å². The molecule has 0 heterocycles. The number of allylic oxidation sites excluding steroid dienone is 3. The van der Waals surface area contributed by atoms with Crippen molar-refractivity contribution < 1.29 is 13.9 Å². The predicted molar refractivity (Wildman–Crippen MR) is 123 cm³/mol. The molecule has 0 saturated heterocycles. The maximum atomic E-state index is 13.9. The Kier molecular flexibility index (Phi) is 8.66. The number of hydrogen-bond donors (Lipinski definition) is 1. The van der Waals surface area contributed by atoms with Crippen molar-refractivity contribution >= 4 is 17.2 Å². The third kappa shape index (κ3) is 5.72. The zero-order chi connectivity index (χ0) is 22.4. The summed E-state index contributed by atoms with van der Waals surface area (Å²) in [6, 6.07) is 8.24. The fraction of sp³-hybridized carbons (Fsp3) is 0.385. The van der Waals surface area contributed by atoms with Crippen molar-refractivity contribution in [2.45, 2.75) is 66.2 Å². The topological polar surface area (TPSA) is 20.2 Å². The van der Waals surface area contributed by atoms with Gasteiger partial charge in [-0.25, -0.2) is 8.78 Å². The van der Waals surface area contributed by atoms with E-state index in [1.54, 1.807) is 31.9 Å². The zero-order valence-corrected chi connectivity index (χ0v) is 19.1. The SMILES string of the molecule is C=C(O)CCc1c(C)c(F)c(C)c(C)c1F.CCC1=C(c2ccc(Cl)cc2)CCC1. The molecule has 30 heavy (non-hydrogen) atoms. The van der Waals surface area contributed by atoms with Crippen molar-refractivity contribution in [3.05, 3.63) is 86.7 Å². The first kappa shape index (κ1) is 24.1. The molecule has 2 aromatic rings. The van der Waals surface area contributed by atoms with E-state index in [0.29, 0.717) is 22.3 Å². The number of halogens is 3. The lowest BCUT2D eigenvalue weighted by Gasteiger charge is -2.13. The molecule has 0 radical (unpaired) electrons. The molecule has 2 aromatic carbocycles. The van der Waals surface area contributed by atoms with Gasteiger partial charge in [0, 0.05) is 11.4 Å². The van der Waals surface area contributed by atoms with Crippen LogP contribution in [0.25, 0.3) is 5.57 Å². The lowest BCUT2D eigenvalue weighted by Crippen LogP contribution is -2.05. The smallest absolute Gasteiger partial charge is 0.130 e. The van der Waals surface area contributed by atoms with E-state index in [2.05, 4.69) is 25.6 Å². The van der Waals surface area contributed by atoms with E-state index in [9.17, 15) is 8.78 Å². The third-order valence-corrected chi connectivity index (χ3v) is 6.13. The quantitative estimate of drug-likeness (QED) is 0.469. The average molecular weight is 433 g/mol. The van der Waals surface area contributed by atoms with Gasteiger partial charge in [0.05, 0.1) is 5.76 Å². The third-order valence-electron chi connectivity index (χ3n) is 5.88. The summed E-state index contributed by atoms with van der Waals surface area (Å²) in [6.45, 7) is 10.3. The highest BCUT2D eigenvalue weighted by Gasteiger charge is 2.17. The van der Waals surface area contributed by atoms with Gasteiger partial charge in [0.1, 0.15) is 11.6 Å². The van der Waals surface area contributed by atoms with Gasteiger partial charge in [0.15, 0.2) is 0 Å². The molecule has 4 heteroatoms. The van der Waals surface area contributed by atoms with Crippen LogP contribution in [0.1, 0.15) is 66.8 Å². The van der Waals surface area contributed by atoms with Crippen LogP contribution in [0, 0.1) is 32.4 Å². The predicted octanol–water partition coefficient (Wildman–Crippen LogP) is 8.58. The van der Waals surface area contributed by atoms with Crippen LogP contribution in [0.3, 0.4) is 0 Å². The number of hydrogen-bond acceptors (Lipinski definition) is 1. The van der Waals surface area contributed by atoms with E-state index in [4.69, 9.17) is 16.7 Å². The number of aliphatic hydroxyl groups excluding tert-OH is 1. The van der Waals surface area contributed by atoms with Crippen LogP contribution in [-0.4, -0.2) is 5.11 Å². The molecule has 3 rings (SSSR count). The summed E-state index contributed by atoms with van der Waals surface area (Å²) >= 11 is 5.87. The largest absolute Gasteiger partial charge is 0.513 e. The van der Waals surface area contributed by atoms with E-state index in [-0.39, 0.29) is 30.2 Å². The molecule has 0 aliphatic heterocycles. The van der Waals surface area contributed by atoms with E-state index in [1.807, 2.05) is 12.1 Å². The normalized spacial score (nSPS) is 13.3. The molecule has 0 unspecified atom stereocenters. The lowest BCUT2D eigenvalue weighted by atomic mass is 9.95. The molecule has 1 aliphatic carbocycles. The Balaban J connectivity index is 0.000000215. The Labute approximate surface area is 184 Å². The number of aliphatic hydroxyl groups is 1. The van der Waals surface area contributed by atoms with Crippen LogP contribution in [-0.2, 0) is 6.42 Å². The van der Waals surface area contributed by atoms with Crippen LogP contribution >= 0.6 is 11.6 Å². The Morgan fingerprint density at radius 2 is 1.60 bits per heavy atom. The Morgan fingerprint density at radius 1 is 1.00 bits per heavy atom. The minimum Gasteiger partial charge on any atom is -0.513 e. The fourth-order valence-corrected chi connectivity index (χ4v) is 4.02. The van der Waals surface area contributed by atoms with E-state index in [0.717, 1.165) is 5.02 Å². The van der Waals surface area contributed by atoms with Crippen LogP contribution in [0.2, 0.25) is 5.02 Å². The molecular weight excluding hydrogens is 402 g/mol. The van der Waals surface area contributed by atoms with Gasteiger partial charge in [-0.05, 0) is 98.4 Å². The van der Waals surface area contributed by atoms with Crippen molar-refractivity contribution in [3.63, 3.8) is 0 Å². The van der Waals surface area contributed by atoms with E-state index >= 15 is 0 Å². The maximum absolute atomic E-state index is 13.9. The summed E-state index contributed by atoms with van der Waals surface area (Å²) in [5.41, 5.74) is 5.89. The molecule has 0 spiro atoms. The first-order chi connectivity index (χ1) is 14.2. The van der Waals surface area contributed by atoms with Crippen LogP contribution in [0.15, 0.2) is 42.2 Å². The summed E-state index contributed by atoms with van der Waals surface area (Å²) in [4.78, 5) is 0. The summed E-state index contributed by atoms with van der Waals surface area (Å²) in [7, 11) is 0. The van der Waals surface area contributed by atoms with Gasteiger partial charge in [-0.15, -0.1) is 0 Å². The lowest BCUT2D eigenvalue weighted by molar-refractivity contribution is 0.390. The molecular formula is C26H31ClF2O. The van der Waals surface area contributed by atoms with Crippen LogP contribution in [0.4, 0.5) is 8.78 Å². The maximum Gasteiger partial charge on any atom is 0.130 e. The molecule has 1 aliphatic rings. The second-order valence-electron chi connectivity index (χ2n) is 7.84. The molecule has 0 bridgehead atoms. The summed E-state index contributed by atoms with van der Waals surface area (Å²) in [6.07, 6.45) is 5.56. The van der Waals surface area contributed by atoms with Crippen LogP contribution < -0.4 is 0 Å². The Bertz CT molecular complexity index is 913. The van der Waals surface area contributed by atoms with Gasteiger partial charge >= 0.3 is 0 Å². The standard InChI is InChI=1S/C13H15Cl.C13H16F2O/c1-2-10-4-3-5-13(10)11-6-8-12(14)9-7-11;1-7(16)5-6-11-10(4)12(14)8(2)9(3)13(11)15/h6-9H,2-5H2,1H3;16H,1,5-6H2,2-4H3. The molecule has 1 nitrogen and oxygen atoms in total. The van der Waals surface area contributed by atoms with Crippen molar-refractivity contribution in [2.24, 2.45) is 0 Å². The minimum absolute atomic E-state index is 0.0163. The molecule has 0 atom stereocenters. The second-order valence-corrected chi connectivity index (χ2v) is 8.28. The van der Waals surface area contributed by atoms with Gasteiger partial charge in [-0.3, -0.25) is 0 Å². The van der Waals surface area contributed by atoms with Gasteiger partial charge in [0.25, 0.3) is 0 Å². The van der Waals surface area contributed by atoms with Crippen LogP contribution in [0.5, 0.6) is 0 Å². The summed E-state index contributed by atoms with van der Waals surface area (Å²) < 4.78 is 27.6. The highest BCUT2D eigenvalue weighted by atomic mass is 35.5. The highest BCUT2D eigenvalue weighted by molar-refractivity contribution is 6.30. The first-order valence-corrected chi connectivity index (χ1v) is 10.8. The van der Waals surface area contributed by atoms with Crippen molar-refractivity contribution in [3.8, 4) is 0 Å². The number of rotatable bonds is 5. The fourth-order valence-electron chi connectivity index (χ4n) is 3.90. The molecule has 0 amide bonds. The van der Waals surface area contributed by atoms with Gasteiger partial charge < -0.3 is 5.11 Å². The molecule has 162 valence electrons. The van der Waals surface area contributed by atoms with Crippen molar-refractivity contribution in [1.29, 1.82) is 0 Å². The van der Waals surface area contributed by atoms with Gasteiger partial charge in [0.2, 0.25) is 0 Å². The molecule has 1 N–H and O–H groups in total. The molecule has 0 saturated carbocycles. The Morgan fingerprint density at radius 3 is 2.17 bits per heavy atom. The first-order valence-electron chi connectivity index (χ1n) is 10.4. The van der Waals surface area contributed by atoms with Gasteiger partial charge in [-0.1, -0.05) is 42.8 Å². The van der Waals surface area contributed by atoms with Crippen molar-refractivity contribution in [1.82, 2.24) is 0 Å². The number of benzene rings is 2. The summed E-state index contributed by atoms with van der Waals surface area (Å²) in [5.74, 6) is -0.757. The minimum atomic E-state index is -0.377. The van der Waals surface area contributed by atoms with Gasteiger partial charge in [-0.2, -0.15) is 0 Å². The van der Waals surface area contributed by atoms with Crippen molar-refractivity contribution in [2.75, 3.05) is 0 Å². The summed E-state index contributed by atoms with van der Waals surface area (Å²) in [5, 5.41) is 9.80.